The molecule has 1 amide bonds. The van der Waals surface area contributed by atoms with Gasteiger partial charge in [-0.2, -0.15) is 0 Å². The Kier molecular flexibility index (Phi) is 4.93. The van der Waals surface area contributed by atoms with E-state index in [0.717, 1.165) is 24.6 Å². The predicted molar refractivity (Wildman–Crippen MR) is 62.7 cm³/mol. The molecule has 0 saturated heterocycles. The molecule has 3 heteroatoms. The molecule has 2 nitrogen and oxygen atoms in total. The summed E-state index contributed by atoms with van der Waals surface area (Å²) in [5.41, 5.74) is 0.0600. The van der Waals surface area contributed by atoms with Crippen LogP contribution in [0.1, 0.15) is 51.9 Å². The second-order valence-electron chi connectivity index (χ2n) is 4.27. The third kappa shape index (κ3) is 3.26. The zero-order valence-electron chi connectivity index (χ0n) is 8.94. The summed E-state index contributed by atoms with van der Waals surface area (Å²) in [5, 5.41) is 4.10. The maximum atomic E-state index is 11.5. The van der Waals surface area contributed by atoms with E-state index in [4.69, 9.17) is 0 Å². The van der Waals surface area contributed by atoms with E-state index in [-0.39, 0.29) is 11.4 Å². The van der Waals surface area contributed by atoms with Gasteiger partial charge in [0.1, 0.15) is 0 Å². The fourth-order valence-electron chi connectivity index (χ4n) is 2.11. The Morgan fingerprint density at radius 3 is 2.50 bits per heavy atom. The third-order valence-electron chi connectivity index (χ3n) is 2.95. The van der Waals surface area contributed by atoms with Gasteiger partial charge in [0.25, 0.3) is 0 Å². The van der Waals surface area contributed by atoms with Crippen molar-refractivity contribution in [2.45, 2.75) is 57.4 Å². The SMILES string of the molecule is CCCC(=O)NC1(CBr)CCCCC1. The lowest BCUT2D eigenvalue weighted by molar-refractivity contribution is -0.123. The number of alkyl halides is 1. The lowest BCUT2D eigenvalue weighted by atomic mass is 9.83. The first-order valence-corrected chi connectivity index (χ1v) is 6.71. The number of carbonyl (C=O) groups is 1. The Morgan fingerprint density at radius 1 is 1.36 bits per heavy atom. The van der Waals surface area contributed by atoms with Crippen molar-refractivity contribution in [3.05, 3.63) is 0 Å². The summed E-state index contributed by atoms with van der Waals surface area (Å²) in [5.74, 6) is 0.217. The standard InChI is InChI=1S/C11H20BrNO/c1-2-6-10(14)13-11(9-12)7-4-3-5-8-11/h2-9H2,1H3,(H,13,14). The highest BCUT2D eigenvalue weighted by atomic mass is 79.9. The molecular formula is C11H20BrNO. The summed E-state index contributed by atoms with van der Waals surface area (Å²) in [4.78, 5) is 11.5. The second kappa shape index (κ2) is 5.74. The van der Waals surface area contributed by atoms with Crippen molar-refractivity contribution in [2.75, 3.05) is 5.33 Å². The number of carbonyl (C=O) groups excluding carboxylic acids is 1. The van der Waals surface area contributed by atoms with Crippen molar-refractivity contribution in [1.82, 2.24) is 5.32 Å². The number of amides is 1. The predicted octanol–water partition coefficient (Wildman–Crippen LogP) is 3.00. The first-order valence-electron chi connectivity index (χ1n) is 5.59. The highest BCUT2D eigenvalue weighted by Crippen LogP contribution is 2.29. The van der Waals surface area contributed by atoms with Crippen molar-refractivity contribution < 1.29 is 4.79 Å². The number of rotatable bonds is 4. The first kappa shape index (κ1) is 12.0. The van der Waals surface area contributed by atoms with Gasteiger partial charge in [-0.3, -0.25) is 4.79 Å². The van der Waals surface area contributed by atoms with Crippen molar-refractivity contribution in [3.8, 4) is 0 Å². The molecule has 0 heterocycles. The third-order valence-corrected chi connectivity index (χ3v) is 4.02. The topological polar surface area (TPSA) is 29.1 Å². The Labute approximate surface area is 95.0 Å². The Morgan fingerprint density at radius 2 is 2.00 bits per heavy atom. The molecule has 1 rings (SSSR count). The minimum atomic E-state index is 0.0600. The van der Waals surface area contributed by atoms with Crippen LogP contribution in [0.25, 0.3) is 0 Å². The molecule has 1 aliphatic rings. The van der Waals surface area contributed by atoms with Crippen LogP contribution in [-0.2, 0) is 4.79 Å². The van der Waals surface area contributed by atoms with Crippen molar-refractivity contribution in [2.24, 2.45) is 0 Å². The van der Waals surface area contributed by atoms with E-state index >= 15 is 0 Å². The van der Waals surface area contributed by atoms with E-state index in [1.807, 2.05) is 6.92 Å². The minimum Gasteiger partial charge on any atom is -0.350 e. The normalized spacial score (nSPS) is 20.4. The Hall–Kier alpha value is -0.0500. The largest absolute Gasteiger partial charge is 0.350 e. The molecule has 0 aliphatic heterocycles. The van der Waals surface area contributed by atoms with Gasteiger partial charge in [-0.15, -0.1) is 0 Å². The quantitative estimate of drug-likeness (QED) is 0.775. The summed E-state index contributed by atoms with van der Waals surface area (Å²) in [6, 6.07) is 0. The molecule has 1 saturated carbocycles. The monoisotopic (exact) mass is 261 g/mol. The Bertz CT molecular complexity index is 188. The van der Waals surface area contributed by atoms with E-state index < -0.39 is 0 Å². The fraction of sp³-hybridized carbons (Fsp3) is 0.909. The van der Waals surface area contributed by atoms with Gasteiger partial charge in [-0.1, -0.05) is 42.1 Å². The molecule has 1 aliphatic carbocycles. The molecule has 82 valence electrons. The molecular weight excluding hydrogens is 242 g/mol. The van der Waals surface area contributed by atoms with Crippen LogP contribution >= 0.6 is 15.9 Å². The molecule has 0 bridgehead atoms. The van der Waals surface area contributed by atoms with Gasteiger partial charge < -0.3 is 5.32 Å². The van der Waals surface area contributed by atoms with Gasteiger partial charge in [0.2, 0.25) is 5.91 Å². The number of hydrogen-bond acceptors (Lipinski definition) is 1. The summed E-state index contributed by atoms with van der Waals surface area (Å²) >= 11 is 3.53. The molecule has 0 aromatic heterocycles. The van der Waals surface area contributed by atoms with E-state index in [0.29, 0.717) is 6.42 Å². The average molecular weight is 262 g/mol. The molecule has 0 atom stereocenters. The van der Waals surface area contributed by atoms with E-state index in [2.05, 4.69) is 21.2 Å². The lowest BCUT2D eigenvalue weighted by Crippen LogP contribution is -2.51. The average Bonchev–Trinajstić information content (AvgIpc) is 2.19. The van der Waals surface area contributed by atoms with Gasteiger partial charge in [0.05, 0.1) is 0 Å². The molecule has 0 unspecified atom stereocenters. The molecule has 0 radical (unpaired) electrons. The number of nitrogens with one attached hydrogen (secondary N) is 1. The van der Waals surface area contributed by atoms with Crippen LogP contribution in [0.2, 0.25) is 0 Å². The molecule has 0 aromatic carbocycles. The van der Waals surface area contributed by atoms with Crippen molar-refractivity contribution in [1.29, 1.82) is 0 Å². The van der Waals surface area contributed by atoms with Crippen LogP contribution in [0.4, 0.5) is 0 Å². The van der Waals surface area contributed by atoms with Crippen LogP contribution in [0.5, 0.6) is 0 Å². The summed E-state index contributed by atoms with van der Waals surface area (Å²) in [6.45, 7) is 2.04. The highest BCUT2D eigenvalue weighted by Gasteiger charge is 2.31. The molecule has 1 N–H and O–H groups in total. The summed E-state index contributed by atoms with van der Waals surface area (Å²) in [6.07, 6.45) is 7.68. The van der Waals surface area contributed by atoms with Crippen LogP contribution in [0.15, 0.2) is 0 Å². The van der Waals surface area contributed by atoms with Gasteiger partial charge >= 0.3 is 0 Å². The smallest absolute Gasteiger partial charge is 0.220 e. The molecule has 0 aromatic rings. The van der Waals surface area contributed by atoms with Crippen LogP contribution in [-0.4, -0.2) is 16.8 Å². The van der Waals surface area contributed by atoms with Gasteiger partial charge in [0, 0.05) is 17.3 Å². The molecule has 1 fully saturated rings. The molecule has 0 spiro atoms. The summed E-state index contributed by atoms with van der Waals surface area (Å²) < 4.78 is 0. The second-order valence-corrected chi connectivity index (χ2v) is 4.83. The highest BCUT2D eigenvalue weighted by molar-refractivity contribution is 9.09. The lowest BCUT2D eigenvalue weighted by Gasteiger charge is -2.36. The van der Waals surface area contributed by atoms with Crippen molar-refractivity contribution in [3.63, 3.8) is 0 Å². The zero-order chi connectivity index (χ0) is 10.4. The fourth-order valence-corrected chi connectivity index (χ4v) is 2.81. The number of hydrogen-bond donors (Lipinski definition) is 1. The number of halogens is 1. The van der Waals surface area contributed by atoms with Crippen LogP contribution in [0.3, 0.4) is 0 Å². The van der Waals surface area contributed by atoms with Gasteiger partial charge in [-0.05, 0) is 19.3 Å². The summed E-state index contributed by atoms with van der Waals surface area (Å²) in [7, 11) is 0. The van der Waals surface area contributed by atoms with Gasteiger partial charge in [-0.25, -0.2) is 0 Å². The van der Waals surface area contributed by atoms with Crippen molar-refractivity contribution >= 4 is 21.8 Å². The van der Waals surface area contributed by atoms with Crippen LogP contribution < -0.4 is 5.32 Å². The molecule has 14 heavy (non-hydrogen) atoms. The Balaban J connectivity index is 2.47. The van der Waals surface area contributed by atoms with Gasteiger partial charge in [0.15, 0.2) is 0 Å². The minimum absolute atomic E-state index is 0.0600. The van der Waals surface area contributed by atoms with E-state index in [1.54, 1.807) is 0 Å². The van der Waals surface area contributed by atoms with E-state index in [9.17, 15) is 4.79 Å². The maximum absolute atomic E-state index is 11.5. The zero-order valence-corrected chi connectivity index (χ0v) is 10.5. The maximum Gasteiger partial charge on any atom is 0.220 e. The van der Waals surface area contributed by atoms with Crippen LogP contribution in [0, 0.1) is 0 Å². The van der Waals surface area contributed by atoms with E-state index in [1.165, 1.54) is 19.3 Å². The first-order chi connectivity index (χ1) is 6.72.